The summed E-state index contributed by atoms with van der Waals surface area (Å²) in [4.78, 5) is 30.3. The number of anilines is 1. The molecule has 7 nitrogen and oxygen atoms in total. The molecule has 154 valence electrons. The molecule has 0 atom stereocenters. The summed E-state index contributed by atoms with van der Waals surface area (Å²) < 4.78 is 17.3. The molecule has 30 heavy (non-hydrogen) atoms. The molecule has 0 unspecified atom stereocenters. The molecule has 0 amide bonds. The van der Waals surface area contributed by atoms with E-state index in [1.807, 2.05) is 18.2 Å². The second kappa shape index (κ2) is 7.98. The van der Waals surface area contributed by atoms with Crippen molar-refractivity contribution in [1.82, 2.24) is 18.7 Å². The molecular weight excluding hydrogens is 385 g/mol. The molecule has 0 aliphatic heterocycles. The molecule has 0 saturated heterocycles. The van der Waals surface area contributed by atoms with Gasteiger partial charge in [-0.3, -0.25) is 13.9 Å². The van der Waals surface area contributed by atoms with Crippen LogP contribution in [0.25, 0.3) is 11.2 Å². The quantitative estimate of drug-likeness (QED) is 0.532. The van der Waals surface area contributed by atoms with Crippen LogP contribution in [-0.4, -0.2) is 25.2 Å². The average Bonchev–Trinajstić information content (AvgIpc) is 3.08. The number of aryl methyl sites for hydroxylation is 2. The lowest BCUT2D eigenvalue weighted by molar-refractivity contribution is 0.623. The zero-order valence-corrected chi connectivity index (χ0v) is 16.8. The van der Waals surface area contributed by atoms with Gasteiger partial charge < -0.3 is 9.88 Å². The maximum atomic E-state index is 13.2. The van der Waals surface area contributed by atoms with Crippen LogP contribution in [0, 0.1) is 5.82 Å². The van der Waals surface area contributed by atoms with Crippen molar-refractivity contribution in [1.29, 1.82) is 0 Å². The maximum Gasteiger partial charge on any atom is 0.332 e. The van der Waals surface area contributed by atoms with Crippen molar-refractivity contribution in [2.24, 2.45) is 14.1 Å². The van der Waals surface area contributed by atoms with Gasteiger partial charge in [-0.2, -0.15) is 4.98 Å². The van der Waals surface area contributed by atoms with Crippen molar-refractivity contribution in [2.45, 2.75) is 13.0 Å². The number of nitrogens with one attached hydrogen (secondary N) is 1. The number of imidazole rings is 1. The van der Waals surface area contributed by atoms with Crippen molar-refractivity contribution in [3.8, 4) is 0 Å². The molecule has 8 heteroatoms. The van der Waals surface area contributed by atoms with E-state index in [9.17, 15) is 14.0 Å². The Bertz CT molecular complexity index is 1300. The van der Waals surface area contributed by atoms with Gasteiger partial charge in [0.1, 0.15) is 5.82 Å². The van der Waals surface area contributed by atoms with Crippen LogP contribution in [0.5, 0.6) is 0 Å². The van der Waals surface area contributed by atoms with Crippen molar-refractivity contribution in [3.05, 3.63) is 92.4 Å². The van der Waals surface area contributed by atoms with E-state index < -0.39 is 11.2 Å². The minimum Gasteiger partial charge on any atom is -0.355 e. The first-order valence-corrected chi connectivity index (χ1v) is 9.64. The Balaban J connectivity index is 1.67. The number of fused-ring (bicyclic) bond motifs is 1. The van der Waals surface area contributed by atoms with Crippen LogP contribution in [0.4, 0.5) is 10.3 Å². The third kappa shape index (κ3) is 3.63. The molecule has 4 rings (SSSR count). The highest BCUT2D eigenvalue weighted by molar-refractivity contribution is 5.74. The highest BCUT2D eigenvalue weighted by atomic mass is 19.1. The first-order chi connectivity index (χ1) is 14.5. The molecule has 0 aliphatic carbocycles. The van der Waals surface area contributed by atoms with E-state index in [0.717, 1.165) is 11.0 Å². The molecule has 0 bridgehead atoms. The van der Waals surface area contributed by atoms with E-state index in [4.69, 9.17) is 0 Å². The van der Waals surface area contributed by atoms with Crippen LogP contribution in [0.2, 0.25) is 0 Å². The smallest absolute Gasteiger partial charge is 0.332 e. The number of hydrogen-bond acceptors (Lipinski definition) is 4. The molecule has 2 heterocycles. The number of rotatable bonds is 6. The zero-order valence-electron chi connectivity index (χ0n) is 16.8. The Morgan fingerprint density at radius 3 is 2.33 bits per heavy atom. The largest absolute Gasteiger partial charge is 0.355 e. The number of hydrogen-bond donors (Lipinski definition) is 1. The Kier molecular flexibility index (Phi) is 5.22. The minimum absolute atomic E-state index is 0.0592. The van der Waals surface area contributed by atoms with Gasteiger partial charge in [-0.05, 0) is 29.7 Å². The van der Waals surface area contributed by atoms with Crippen LogP contribution in [0.15, 0.2) is 64.2 Å². The van der Waals surface area contributed by atoms with Crippen LogP contribution >= 0.6 is 0 Å². The Labute approximate surface area is 172 Å². The standard InChI is InChI=1S/C22H22FN5O2/c1-26-18-19(25-21(26)24-13-12-15-6-4-3-5-7-15)27(2)22(30)28(20(18)29)14-16-8-10-17(23)11-9-16/h3-11H,12-14H2,1-2H3,(H,24,25). The van der Waals surface area contributed by atoms with E-state index in [0.29, 0.717) is 29.2 Å². The van der Waals surface area contributed by atoms with Crippen molar-refractivity contribution in [3.63, 3.8) is 0 Å². The molecule has 0 aliphatic rings. The highest BCUT2D eigenvalue weighted by Crippen LogP contribution is 2.14. The lowest BCUT2D eigenvalue weighted by Gasteiger charge is -2.09. The summed E-state index contributed by atoms with van der Waals surface area (Å²) in [6.07, 6.45) is 0.803. The fourth-order valence-electron chi connectivity index (χ4n) is 3.48. The first-order valence-electron chi connectivity index (χ1n) is 9.64. The van der Waals surface area contributed by atoms with Gasteiger partial charge in [0.25, 0.3) is 5.56 Å². The van der Waals surface area contributed by atoms with Gasteiger partial charge in [-0.15, -0.1) is 0 Å². The summed E-state index contributed by atoms with van der Waals surface area (Å²) in [5.41, 5.74) is 1.62. The molecule has 2 aromatic carbocycles. The number of aromatic nitrogens is 4. The van der Waals surface area contributed by atoms with Crippen LogP contribution in [0.3, 0.4) is 0 Å². The number of halogens is 1. The molecule has 2 aromatic heterocycles. The van der Waals surface area contributed by atoms with Crippen LogP contribution < -0.4 is 16.6 Å². The molecule has 4 aromatic rings. The lowest BCUT2D eigenvalue weighted by Crippen LogP contribution is -2.39. The SMILES string of the molecule is Cn1c(NCCc2ccccc2)nc2c1c(=O)n(Cc1ccc(F)cc1)c(=O)n2C. The fraction of sp³-hybridized carbons (Fsp3) is 0.227. The van der Waals surface area contributed by atoms with E-state index >= 15 is 0 Å². The lowest BCUT2D eigenvalue weighted by atomic mass is 10.1. The van der Waals surface area contributed by atoms with E-state index in [1.54, 1.807) is 30.8 Å². The number of nitrogens with zero attached hydrogens (tertiary/aromatic N) is 4. The van der Waals surface area contributed by atoms with Gasteiger partial charge in [-0.1, -0.05) is 42.5 Å². The molecular formula is C22H22FN5O2. The fourth-order valence-corrected chi connectivity index (χ4v) is 3.48. The van der Waals surface area contributed by atoms with Crippen molar-refractivity contribution >= 4 is 17.1 Å². The third-order valence-corrected chi connectivity index (χ3v) is 5.15. The summed E-state index contributed by atoms with van der Waals surface area (Å²) in [5, 5.41) is 3.25. The first kappa shape index (κ1) is 19.6. The topological polar surface area (TPSA) is 73.8 Å². The van der Waals surface area contributed by atoms with Crippen LogP contribution in [-0.2, 0) is 27.1 Å². The predicted molar refractivity (Wildman–Crippen MR) is 114 cm³/mol. The average molecular weight is 407 g/mol. The van der Waals surface area contributed by atoms with Gasteiger partial charge in [0, 0.05) is 20.6 Å². The molecule has 1 N–H and O–H groups in total. The third-order valence-electron chi connectivity index (χ3n) is 5.15. The summed E-state index contributed by atoms with van der Waals surface area (Å²) >= 11 is 0. The van der Waals surface area contributed by atoms with Crippen LogP contribution in [0.1, 0.15) is 11.1 Å². The Hall–Kier alpha value is -3.68. The second-order valence-electron chi connectivity index (χ2n) is 7.19. The highest BCUT2D eigenvalue weighted by Gasteiger charge is 2.18. The summed E-state index contributed by atoms with van der Waals surface area (Å²) in [6.45, 7) is 0.697. The molecule has 0 spiro atoms. The van der Waals surface area contributed by atoms with Gasteiger partial charge in [0.05, 0.1) is 6.54 Å². The van der Waals surface area contributed by atoms with E-state index in [-0.39, 0.29) is 12.4 Å². The normalized spacial score (nSPS) is 11.2. The Morgan fingerprint density at radius 2 is 1.63 bits per heavy atom. The monoisotopic (exact) mass is 407 g/mol. The molecule has 0 fully saturated rings. The van der Waals surface area contributed by atoms with Gasteiger partial charge in [0.15, 0.2) is 11.2 Å². The van der Waals surface area contributed by atoms with Gasteiger partial charge >= 0.3 is 5.69 Å². The van der Waals surface area contributed by atoms with Crippen molar-refractivity contribution < 1.29 is 4.39 Å². The second-order valence-corrected chi connectivity index (χ2v) is 7.19. The van der Waals surface area contributed by atoms with Gasteiger partial charge in [0.2, 0.25) is 5.95 Å². The predicted octanol–water partition coefficient (Wildman–Crippen LogP) is 2.28. The summed E-state index contributed by atoms with van der Waals surface area (Å²) in [7, 11) is 3.33. The van der Waals surface area contributed by atoms with E-state index in [1.165, 1.54) is 22.3 Å². The molecule has 0 saturated carbocycles. The van der Waals surface area contributed by atoms with Crippen molar-refractivity contribution in [2.75, 3.05) is 11.9 Å². The maximum absolute atomic E-state index is 13.2. The van der Waals surface area contributed by atoms with E-state index in [2.05, 4.69) is 22.4 Å². The zero-order chi connectivity index (χ0) is 21.3. The number of benzene rings is 2. The molecule has 0 radical (unpaired) electrons. The summed E-state index contributed by atoms with van der Waals surface area (Å²) in [6, 6.07) is 15.8. The minimum atomic E-state index is -0.467. The Morgan fingerprint density at radius 1 is 0.933 bits per heavy atom. The van der Waals surface area contributed by atoms with Gasteiger partial charge in [-0.25, -0.2) is 9.18 Å². The summed E-state index contributed by atoms with van der Waals surface area (Å²) in [5.74, 6) is 0.153.